The summed E-state index contributed by atoms with van der Waals surface area (Å²) in [5.41, 5.74) is 2.08. The Kier molecular flexibility index (Phi) is 3.72. The largest absolute Gasteiger partial charge is 0.353 e. The fourth-order valence-corrected chi connectivity index (χ4v) is 1.63. The van der Waals surface area contributed by atoms with Crippen LogP contribution in [0.5, 0.6) is 0 Å². The molecular formula is C13H17N5. The summed E-state index contributed by atoms with van der Waals surface area (Å²) in [7, 11) is 0. The molecule has 0 atom stereocenters. The second-order valence-corrected chi connectivity index (χ2v) is 4.08. The van der Waals surface area contributed by atoms with E-state index in [1.807, 2.05) is 39.0 Å². The van der Waals surface area contributed by atoms with Crippen LogP contribution in [0.25, 0.3) is 0 Å². The minimum absolute atomic E-state index is 0.577. The van der Waals surface area contributed by atoms with Crippen molar-refractivity contribution in [2.45, 2.75) is 20.8 Å². The van der Waals surface area contributed by atoms with Gasteiger partial charge in [0, 0.05) is 17.5 Å². The molecule has 0 spiro atoms. The van der Waals surface area contributed by atoms with E-state index >= 15 is 0 Å². The molecule has 2 rings (SSSR count). The minimum atomic E-state index is 0.577. The normalized spacial score (nSPS) is 10.2. The van der Waals surface area contributed by atoms with Gasteiger partial charge in [0.2, 0.25) is 0 Å². The van der Waals surface area contributed by atoms with Gasteiger partial charge in [-0.3, -0.25) is 0 Å². The molecule has 0 bridgehead atoms. The van der Waals surface area contributed by atoms with E-state index in [-0.39, 0.29) is 0 Å². The molecule has 2 N–H and O–H groups in total. The lowest BCUT2D eigenvalue weighted by atomic mass is 10.2. The van der Waals surface area contributed by atoms with Crippen LogP contribution in [-0.2, 0) is 0 Å². The maximum atomic E-state index is 4.38. The van der Waals surface area contributed by atoms with Crippen molar-refractivity contribution in [2.24, 2.45) is 0 Å². The first kappa shape index (κ1) is 12.3. The molecule has 0 aliphatic carbocycles. The van der Waals surface area contributed by atoms with Crippen LogP contribution < -0.4 is 10.6 Å². The third-order valence-corrected chi connectivity index (χ3v) is 2.69. The summed E-state index contributed by atoms with van der Waals surface area (Å²) in [5, 5.41) is 6.42. The summed E-state index contributed by atoms with van der Waals surface area (Å²) in [4.78, 5) is 12.9. The van der Waals surface area contributed by atoms with Crippen molar-refractivity contribution in [3.63, 3.8) is 0 Å². The number of pyridine rings is 1. The highest BCUT2D eigenvalue weighted by Crippen LogP contribution is 2.14. The monoisotopic (exact) mass is 243 g/mol. The third kappa shape index (κ3) is 2.94. The zero-order chi connectivity index (χ0) is 13.0. The molecule has 5 nitrogen and oxygen atoms in total. The molecule has 0 aromatic carbocycles. The van der Waals surface area contributed by atoms with E-state index in [1.54, 1.807) is 6.20 Å². The molecule has 18 heavy (non-hydrogen) atoms. The highest BCUT2D eigenvalue weighted by Gasteiger charge is 2.04. The van der Waals surface area contributed by atoms with Gasteiger partial charge in [-0.15, -0.1) is 0 Å². The van der Waals surface area contributed by atoms with Gasteiger partial charge in [-0.25, -0.2) is 15.0 Å². The Labute approximate surface area is 107 Å². The molecule has 2 heterocycles. The predicted molar refractivity (Wildman–Crippen MR) is 72.6 cm³/mol. The van der Waals surface area contributed by atoms with Gasteiger partial charge in [-0.2, -0.15) is 0 Å². The molecule has 0 saturated carbocycles. The molecule has 0 saturated heterocycles. The average molecular weight is 243 g/mol. The Morgan fingerprint density at radius 3 is 2.61 bits per heavy atom. The number of aryl methyl sites for hydroxylation is 2. The number of nitrogens with zero attached hydrogens (tertiary/aromatic N) is 3. The topological polar surface area (TPSA) is 62.7 Å². The lowest BCUT2D eigenvalue weighted by Gasteiger charge is -2.12. The van der Waals surface area contributed by atoms with Gasteiger partial charge in [0.15, 0.2) is 0 Å². The van der Waals surface area contributed by atoms with E-state index in [4.69, 9.17) is 0 Å². The second kappa shape index (κ2) is 5.44. The Morgan fingerprint density at radius 1 is 1.06 bits per heavy atom. The van der Waals surface area contributed by atoms with E-state index in [0.29, 0.717) is 6.67 Å². The van der Waals surface area contributed by atoms with Crippen LogP contribution in [0.2, 0.25) is 0 Å². The number of nitrogens with one attached hydrogen (secondary N) is 2. The van der Waals surface area contributed by atoms with E-state index in [9.17, 15) is 0 Å². The SMILES string of the molecule is Cc1nc(C)c(C)c(NCNc2ccccn2)n1. The zero-order valence-electron chi connectivity index (χ0n) is 10.9. The number of anilines is 2. The van der Waals surface area contributed by atoms with E-state index in [2.05, 4.69) is 25.6 Å². The quantitative estimate of drug-likeness (QED) is 0.807. The van der Waals surface area contributed by atoms with Gasteiger partial charge in [-0.1, -0.05) is 6.07 Å². The highest BCUT2D eigenvalue weighted by atomic mass is 15.1. The third-order valence-electron chi connectivity index (χ3n) is 2.69. The van der Waals surface area contributed by atoms with Crippen LogP contribution in [0.4, 0.5) is 11.6 Å². The highest BCUT2D eigenvalue weighted by molar-refractivity contribution is 5.46. The van der Waals surface area contributed by atoms with E-state index < -0.39 is 0 Å². The first-order valence-electron chi connectivity index (χ1n) is 5.87. The van der Waals surface area contributed by atoms with Crippen LogP contribution in [0, 0.1) is 20.8 Å². The van der Waals surface area contributed by atoms with Crippen LogP contribution >= 0.6 is 0 Å². The predicted octanol–water partition coefficient (Wildman–Crippen LogP) is 2.28. The van der Waals surface area contributed by atoms with Crippen LogP contribution in [-0.4, -0.2) is 21.6 Å². The molecule has 2 aromatic rings. The standard InChI is InChI=1S/C13H17N5/c1-9-10(2)17-11(3)18-13(9)16-8-15-12-6-4-5-7-14-12/h4-7H,8H2,1-3H3,(H,14,15)(H,16,17,18). The molecule has 2 aromatic heterocycles. The Hall–Kier alpha value is -2.17. The van der Waals surface area contributed by atoms with Crippen molar-refractivity contribution in [1.82, 2.24) is 15.0 Å². The summed E-state index contributed by atoms with van der Waals surface area (Å²) >= 11 is 0. The molecule has 0 amide bonds. The van der Waals surface area contributed by atoms with Crippen molar-refractivity contribution in [3.05, 3.63) is 41.5 Å². The fourth-order valence-electron chi connectivity index (χ4n) is 1.63. The van der Waals surface area contributed by atoms with Crippen LogP contribution in [0.3, 0.4) is 0 Å². The number of hydrogen-bond donors (Lipinski definition) is 2. The zero-order valence-corrected chi connectivity index (χ0v) is 10.9. The smallest absolute Gasteiger partial charge is 0.134 e. The number of rotatable bonds is 4. The Bertz CT molecular complexity index is 524. The lowest BCUT2D eigenvalue weighted by molar-refractivity contribution is 0.976. The molecule has 0 aliphatic rings. The molecule has 5 heteroatoms. The first-order chi connectivity index (χ1) is 8.66. The van der Waals surface area contributed by atoms with Crippen molar-refractivity contribution in [1.29, 1.82) is 0 Å². The van der Waals surface area contributed by atoms with Gasteiger partial charge >= 0.3 is 0 Å². The van der Waals surface area contributed by atoms with Gasteiger partial charge in [0.05, 0.1) is 6.67 Å². The molecule has 0 fully saturated rings. The molecule has 0 unspecified atom stereocenters. The van der Waals surface area contributed by atoms with Gasteiger partial charge in [0.1, 0.15) is 17.5 Å². The fraction of sp³-hybridized carbons (Fsp3) is 0.308. The maximum Gasteiger partial charge on any atom is 0.134 e. The molecule has 94 valence electrons. The lowest BCUT2D eigenvalue weighted by Crippen LogP contribution is -2.15. The van der Waals surface area contributed by atoms with E-state index in [0.717, 1.165) is 28.7 Å². The van der Waals surface area contributed by atoms with Crippen molar-refractivity contribution >= 4 is 11.6 Å². The number of hydrogen-bond acceptors (Lipinski definition) is 5. The number of aromatic nitrogens is 3. The van der Waals surface area contributed by atoms with Crippen molar-refractivity contribution < 1.29 is 0 Å². The Balaban J connectivity index is 1.99. The van der Waals surface area contributed by atoms with Gasteiger partial charge < -0.3 is 10.6 Å². The summed E-state index contributed by atoms with van der Waals surface area (Å²) < 4.78 is 0. The van der Waals surface area contributed by atoms with Crippen LogP contribution in [0.15, 0.2) is 24.4 Å². The summed E-state index contributed by atoms with van der Waals surface area (Å²) in [6, 6.07) is 5.75. The van der Waals surface area contributed by atoms with Crippen LogP contribution in [0.1, 0.15) is 17.1 Å². The van der Waals surface area contributed by atoms with Gasteiger partial charge in [0.25, 0.3) is 0 Å². The van der Waals surface area contributed by atoms with E-state index in [1.165, 1.54) is 0 Å². The van der Waals surface area contributed by atoms with Crippen molar-refractivity contribution in [2.75, 3.05) is 17.3 Å². The average Bonchev–Trinajstić information content (AvgIpc) is 2.36. The minimum Gasteiger partial charge on any atom is -0.353 e. The second-order valence-electron chi connectivity index (χ2n) is 4.08. The molecule has 0 aliphatic heterocycles. The summed E-state index contributed by atoms with van der Waals surface area (Å²) in [6.45, 7) is 6.47. The first-order valence-corrected chi connectivity index (χ1v) is 5.87. The maximum absolute atomic E-state index is 4.38. The summed E-state index contributed by atoms with van der Waals surface area (Å²) in [6.07, 6.45) is 1.76. The molecule has 0 radical (unpaired) electrons. The van der Waals surface area contributed by atoms with Crippen molar-refractivity contribution in [3.8, 4) is 0 Å². The Morgan fingerprint density at radius 2 is 1.89 bits per heavy atom. The summed E-state index contributed by atoms with van der Waals surface area (Å²) in [5.74, 6) is 2.48. The molecular weight excluding hydrogens is 226 g/mol. The van der Waals surface area contributed by atoms with Gasteiger partial charge in [-0.05, 0) is 32.9 Å².